The van der Waals surface area contributed by atoms with Gasteiger partial charge in [-0.25, -0.2) is 4.39 Å². The van der Waals surface area contributed by atoms with Crippen LogP contribution >= 0.6 is 11.6 Å². The highest BCUT2D eigenvalue weighted by atomic mass is 35.5. The number of hydrogen-bond acceptors (Lipinski definition) is 2. The molecule has 17 heavy (non-hydrogen) atoms. The molecule has 2 unspecified atom stereocenters. The molecule has 3 nitrogen and oxygen atoms in total. The van der Waals surface area contributed by atoms with E-state index in [1.807, 2.05) is 13.8 Å². The normalized spacial score (nSPS) is 29.9. The molecule has 1 aliphatic rings. The summed E-state index contributed by atoms with van der Waals surface area (Å²) >= 11 is 6.10. The van der Waals surface area contributed by atoms with Crippen molar-refractivity contribution >= 4 is 11.6 Å². The lowest BCUT2D eigenvalue weighted by Gasteiger charge is -2.34. The van der Waals surface area contributed by atoms with Gasteiger partial charge in [-0.3, -0.25) is 4.68 Å². The van der Waals surface area contributed by atoms with Crippen LogP contribution in [0.25, 0.3) is 0 Å². The van der Waals surface area contributed by atoms with Crippen molar-refractivity contribution in [3.05, 3.63) is 16.9 Å². The molecular weight excluding hydrogens is 241 g/mol. The fraction of sp³-hybridized carbons (Fsp3) is 0.750. The van der Waals surface area contributed by atoms with Gasteiger partial charge in [0.2, 0.25) is 0 Å². The zero-order valence-electron chi connectivity index (χ0n) is 10.3. The van der Waals surface area contributed by atoms with Gasteiger partial charge in [0.15, 0.2) is 5.67 Å². The molecule has 1 aromatic heterocycles. The molecule has 2 atom stereocenters. The molecule has 1 aliphatic carbocycles. The van der Waals surface area contributed by atoms with Crippen molar-refractivity contribution in [2.45, 2.75) is 57.3 Å². The van der Waals surface area contributed by atoms with Gasteiger partial charge in [0, 0.05) is 18.5 Å². The van der Waals surface area contributed by atoms with Crippen LogP contribution in [-0.2, 0) is 5.67 Å². The first kappa shape index (κ1) is 12.8. The summed E-state index contributed by atoms with van der Waals surface area (Å²) < 4.78 is 16.7. The topological polar surface area (TPSA) is 43.8 Å². The van der Waals surface area contributed by atoms with Crippen molar-refractivity contribution in [2.75, 3.05) is 0 Å². The number of halogens is 2. The minimum atomic E-state index is -1.42. The van der Waals surface area contributed by atoms with Crippen LogP contribution in [0.2, 0.25) is 5.02 Å². The number of nitrogens with zero attached hydrogens (tertiary/aromatic N) is 2. The number of hydrogen-bond donors (Lipinski definition) is 1. The quantitative estimate of drug-likeness (QED) is 0.887. The third-order valence-corrected chi connectivity index (χ3v) is 3.67. The van der Waals surface area contributed by atoms with Crippen LogP contribution in [0.4, 0.5) is 4.39 Å². The Morgan fingerprint density at radius 1 is 1.65 bits per heavy atom. The second-order valence-electron chi connectivity index (χ2n) is 5.20. The standard InChI is InChI=1S/C12H19ClFN3/c1-8(2)17-11(10(13)7-16-17)12(14)5-3-4-9(15)6-12/h7-9H,3-6,15H2,1-2H3. The fourth-order valence-corrected chi connectivity index (χ4v) is 2.93. The Bertz CT molecular complexity index is 404. The highest BCUT2D eigenvalue weighted by Crippen LogP contribution is 2.43. The third-order valence-electron chi connectivity index (χ3n) is 3.40. The molecule has 2 N–H and O–H groups in total. The van der Waals surface area contributed by atoms with Crippen molar-refractivity contribution in [3.8, 4) is 0 Å². The highest BCUT2D eigenvalue weighted by Gasteiger charge is 2.41. The molecule has 1 saturated carbocycles. The van der Waals surface area contributed by atoms with E-state index >= 15 is 4.39 Å². The first-order valence-corrected chi connectivity index (χ1v) is 6.50. The predicted molar refractivity (Wildman–Crippen MR) is 66.9 cm³/mol. The van der Waals surface area contributed by atoms with Crippen molar-refractivity contribution in [2.24, 2.45) is 5.73 Å². The Morgan fingerprint density at radius 3 is 2.94 bits per heavy atom. The lowest BCUT2D eigenvalue weighted by Crippen LogP contribution is -2.38. The lowest BCUT2D eigenvalue weighted by molar-refractivity contribution is 0.0826. The minimum Gasteiger partial charge on any atom is -0.328 e. The van der Waals surface area contributed by atoms with E-state index in [1.54, 1.807) is 4.68 Å². The van der Waals surface area contributed by atoms with Crippen LogP contribution in [0.1, 0.15) is 51.3 Å². The second-order valence-corrected chi connectivity index (χ2v) is 5.61. The van der Waals surface area contributed by atoms with E-state index in [2.05, 4.69) is 5.10 Å². The van der Waals surface area contributed by atoms with Crippen LogP contribution < -0.4 is 5.73 Å². The third kappa shape index (κ3) is 2.33. The summed E-state index contributed by atoms with van der Waals surface area (Å²) in [6.07, 6.45) is 4.04. The monoisotopic (exact) mass is 259 g/mol. The number of rotatable bonds is 2. The molecule has 1 aromatic rings. The van der Waals surface area contributed by atoms with Crippen LogP contribution in [0.5, 0.6) is 0 Å². The Kier molecular flexibility index (Phi) is 3.46. The number of alkyl halides is 1. The smallest absolute Gasteiger partial charge is 0.155 e. The Balaban J connectivity index is 2.41. The average molecular weight is 260 g/mol. The molecule has 5 heteroatoms. The molecule has 0 saturated heterocycles. The molecule has 0 bridgehead atoms. The molecular formula is C12H19ClFN3. The van der Waals surface area contributed by atoms with Gasteiger partial charge < -0.3 is 5.73 Å². The fourth-order valence-electron chi connectivity index (χ4n) is 2.63. The van der Waals surface area contributed by atoms with Crippen LogP contribution in [0.3, 0.4) is 0 Å². The van der Waals surface area contributed by atoms with Crippen LogP contribution in [0.15, 0.2) is 6.20 Å². The molecule has 1 heterocycles. The van der Waals surface area contributed by atoms with Crippen LogP contribution in [0, 0.1) is 0 Å². The maximum absolute atomic E-state index is 15.0. The van der Waals surface area contributed by atoms with E-state index in [0.29, 0.717) is 23.6 Å². The maximum atomic E-state index is 15.0. The summed E-state index contributed by atoms with van der Waals surface area (Å²) in [4.78, 5) is 0. The SMILES string of the molecule is CC(C)n1ncc(Cl)c1C1(F)CCCC(N)C1. The van der Waals surface area contributed by atoms with Gasteiger partial charge in [-0.2, -0.15) is 5.10 Å². The van der Waals surface area contributed by atoms with Gasteiger partial charge in [-0.15, -0.1) is 0 Å². The Morgan fingerprint density at radius 2 is 2.35 bits per heavy atom. The van der Waals surface area contributed by atoms with Crippen molar-refractivity contribution < 1.29 is 4.39 Å². The first-order chi connectivity index (χ1) is 7.94. The van der Waals surface area contributed by atoms with Crippen molar-refractivity contribution in [1.29, 1.82) is 0 Å². The molecule has 1 fully saturated rings. The zero-order valence-corrected chi connectivity index (χ0v) is 11.0. The van der Waals surface area contributed by atoms with E-state index in [0.717, 1.165) is 12.8 Å². The summed E-state index contributed by atoms with van der Waals surface area (Å²) in [6.45, 7) is 3.94. The average Bonchev–Trinajstić information content (AvgIpc) is 2.60. The number of aromatic nitrogens is 2. The number of nitrogens with two attached hydrogens (primary N) is 1. The predicted octanol–water partition coefficient (Wildman–Crippen LogP) is 3.18. The first-order valence-electron chi connectivity index (χ1n) is 6.12. The molecule has 0 aliphatic heterocycles. The van der Waals surface area contributed by atoms with Gasteiger partial charge >= 0.3 is 0 Å². The summed E-state index contributed by atoms with van der Waals surface area (Å²) in [7, 11) is 0. The summed E-state index contributed by atoms with van der Waals surface area (Å²) in [6, 6.07) is 0.0172. The summed E-state index contributed by atoms with van der Waals surface area (Å²) in [5, 5.41) is 4.58. The zero-order chi connectivity index (χ0) is 12.6. The Labute approximate surface area is 106 Å². The molecule has 0 spiro atoms. The molecule has 0 amide bonds. The van der Waals surface area contributed by atoms with Crippen molar-refractivity contribution in [1.82, 2.24) is 9.78 Å². The maximum Gasteiger partial charge on any atom is 0.155 e. The molecule has 0 radical (unpaired) electrons. The molecule has 2 rings (SSSR count). The highest BCUT2D eigenvalue weighted by molar-refractivity contribution is 6.31. The van der Waals surface area contributed by atoms with E-state index in [1.165, 1.54) is 6.20 Å². The van der Waals surface area contributed by atoms with Crippen molar-refractivity contribution in [3.63, 3.8) is 0 Å². The second kappa shape index (κ2) is 4.58. The van der Waals surface area contributed by atoms with Gasteiger partial charge in [0.05, 0.1) is 16.9 Å². The minimum absolute atomic E-state index is 0.0830. The summed E-state index contributed by atoms with van der Waals surface area (Å²) in [5.41, 5.74) is 4.96. The van der Waals surface area contributed by atoms with E-state index in [-0.39, 0.29) is 12.1 Å². The largest absolute Gasteiger partial charge is 0.328 e. The van der Waals surface area contributed by atoms with Crippen LogP contribution in [-0.4, -0.2) is 15.8 Å². The van der Waals surface area contributed by atoms with Gasteiger partial charge in [-0.05, 0) is 33.1 Å². The summed E-state index contributed by atoms with van der Waals surface area (Å²) in [5.74, 6) is 0. The van der Waals surface area contributed by atoms with E-state index in [4.69, 9.17) is 17.3 Å². The van der Waals surface area contributed by atoms with Gasteiger partial charge in [-0.1, -0.05) is 11.6 Å². The van der Waals surface area contributed by atoms with Gasteiger partial charge in [0.25, 0.3) is 0 Å². The van der Waals surface area contributed by atoms with E-state index in [9.17, 15) is 0 Å². The lowest BCUT2D eigenvalue weighted by atomic mass is 9.81. The molecule has 96 valence electrons. The molecule has 0 aromatic carbocycles. The van der Waals surface area contributed by atoms with E-state index < -0.39 is 5.67 Å². The van der Waals surface area contributed by atoms with Gasteiger partial charge in [0.1, 0.15) is 0 Å². The Hall–Kier alpha value is -0.610.